The van der Waals surface area contributed by atoms with E-state index in [9.17, 15) is 4.39 Å². The molecule has 2 rings (SSSR count). The van der Waals surface area contributed by atoms with Gasteiger partial charge in [0.1, 0.15) is 11.9 Å². The third-order valence-electron chi connectivity index (χ3n) is 2.88. The van der Waals surface area contributed by atoms with Gasteiger partial charge in [-0.3, -0.25) is 0 Å². The first-order chi connectivity index (χ1) is 8.81. The maximum atomic E-state index is 13.3. The number of rotatable bonds is 5. The summed E-state index contributed by atoms with van der Waals surface area (Å²) in [5.41, 5.74) is 7.40. The van der Waals surface area contributed by atoms with Crippen LogP contribution in [0.4, 0.5) is 4.39 Å². The second kappa shape index (κ2) is 6.47. The van der Waals surface area contributed by atoms with Gasteiger partial charge in [0.15, 0.2) is 0 Å². The summed E-state index contributed by atoms with van der Waals surface area (Å²) in [6, 6.07) is 6.54. The maximum Gasteiger partial charge on any atom is 0.123 e. The summed E-state index contributed by atoms with van der Waals surface area (Å²) >= 11 is 0. The predicted molar refractivity (Wildman–Crippen MR) is 70.6 cm³/mol. The van der Waals surface area contributed by atoms with Crippen LogP contribution in [0.5, 0.6) is 0 Å². The fourth-order valence-electron chi connectivity index (χ4n) is 2.07. The van der Waals surface area contributed by atoms with Crippen LogP contribution in [0.15, 0.2) is 48.1 Å². The Morgan fingerprint density at radius 3 is 2.89 bits per heavy atom. The first-order valence-corrected chi connectivity index (χ1v) is 6.25. The van der Waals surface area contributed by atoms with E-state index in [-0.39, 0.29) is 11.9 Å². The zero-order valence-electron chi connectivity index (χ0n) is 10.3. The van der Waals surface area contributed by atoms with Crippen LogP contribution in [-0.2, 0) is 4.74 Å². The van der Waals surface area contributed by atoms with E-state index >= 15 is 0 Å². The number of hydrogen-bond donors (Lipinski definition) is 1. The van der Waals surface area contributed by atoms with Crippen molar-refractivity contribution < 1.29 is 9.13 Å². The SMILES string of the molecule is NCCOC(C1=CCCC=C1)c1cccc(F)c1. The summed E-state index contributed by atoms with van der Waals surface area (Å²) < 4.78 is 19.1. The molecule has 1 aromatic carbocycles. The van der Waals surface area contributed by atoms with Gasteiger partial charge in [-0.15, -0.1) is 0 Å². The molecule has 1 aromatic rings. The number of benzene rings is 1. The predicted octanol–water partition coefficient (Wildman–Crippen LogP) is 3.12. The molecule has 0 heterocycles. The summed E-state index contributed by atoms with van der Waals surface area (Å²) in [6.45, 7) is 0.926. The van der Waals surface area contributed by atoms with Crippen molar-refractivity contribution in [3.63, 3.8) is 0 Å². The summed E-state index contributed by atoms with van der Waals surface area (Å²) in [5.74, 6) is -0.241. The number of nitrogens with two attached hydrogens (primary N) is 1. The van der Waals surface area contributed by atoms with Gasteiger partial charge >= 0.3 is 0 Å². The molecule has 18 heavy (non-hydrogen) atoms. The van der Waals surface area contributed by atoms with Gasteiger partial charge in [-0.25, -0.2) is 4.39 Å². The van der Waals surface area contributed by atoms with Crippen LogP contribution < -0.4 is 5.73 Å². The van der Waals surface area contributed by atoms with E-state index in [1.807, 2.05) is 6.07 Å². The van der Waals surface area contributed by atoms with Crippen molar-refractivity contribution in [3.05, 3.63) is 59.4 Å². The zero-order chi connectivity index (χ0) is 12.8. The molecule has 0 aliphatic heterocycles. The molecule has 96 valence electrons. The Morgan fingerprint density at radius 1 is 1.33 bits per heavy atom. The van der Waals surface area contributed by atoms with Gasteiger partial charge in [-0.05, 0) is 36.1 Å². The number of ether oxygens (including phenoxy) is 1. The van der Waals surface area contributed by atoms with E-state index in [4.69, 9.17) is 10.5 Å². The van der Waals surface area contributed by atoms with Crippen LogP contribution in [0, 0.1) is 5.82 Å². The highest BCUT2D eigenvalue weighted by molar-refractivity contribution is 5.34. The Kier molecular flexibility index (Phi) is 4.67. The molecule has 1 unspecified atom stereocenters. The molecule has 1 aliphatic rings. The maximum absolute atomic E-state index is 13.3. The number of allylic oxidation sites excluding steroid dienone is 2. The van der Waals surface area contributed by atoms with Gasteiger partial charge in [0.05, 0.1) is 6.61 Å². The van der Waals surface area contributed by atoms with E-state index in [0.717, 1.165) is 24.0 Å². The van der Waals surface area contributed by atoms with E-state index in [0.29, 0.717) is 13.2 Å². The highest BCUT2D eigenvalue weighted by Crippen LogP contribution is 2.29. The van der Waals surface area contributed by atoms with Crippen molar-refractivity contribution in [1.29, 1.82) is 0 Å². The molecule has 2 nitrogen and oxygen atoms in total. The Labute approximate surface area is 107 Å². The Bertz CT molecular complexity index is 454. The van der Waals surface area contributed by atoms with E-state index in [1.165, 1.54) is 12.1 Å². The molecular formula is C15H18FNO. The molecule has 0 radical (unpaired) electrons. The highest BCUT2D eigenvalue weighted by Gasteiger charge is 2.16. The lowest BCUT2D eigenvalue weighted by molar-refractivity contribution is 0.0853. The fraction of sp³-hybridized carbons (Fsp3) is 0.333. The fourth-order valence-corrected chi connectivity index (χ4v) is 2.07. The third kappa shape index (κ3) is 3.28. The van der Waals surface area contributed by atoms with E-state index in [2.05, 4.69) is 18.2 Å². The summed E-state index contributed by atoms with van der Waals surface area (Å²) in [6.07, 6.45) is 8.15. The Morgan fingerprint density at radius 2 is 2.22 bits per heavy atom. The summed E-state index contributed by atoms with van der Waals surface area (Å²) in [4.78, 5) is 0. The van der Waals surface area contributed by atoms with Crippen molar-refractivity contribution in [1.82, 2.24) is 0 Å². The minimum Gasteiger partial charge on any atom is -0.367 e. The summed E-state index contributed by atoms with van der Waals surface area (Å²) in [5, 5.41) is 0. The molecule has 0 saturated heterocycles. The van der Waals surface area contributed by atoms with Crippen molar-refractivity contribution in [2.24, 2.45) is 5.73 Å². The molecule has 3 heteroatoms. The van der Waals surface area contributed by atoms with Crippen LogP contribution in [0.1, 0.15) is 24.5 Å². The molecule has 0 amide bonds. The molecule has 0 saturated carbocycles. The molecule has 0 bridgehead atoms. The van der Waals surface area contributed by atoms with Crippen LogP contribution in [0.3, 0.4) is 0 Å². The van der Waals surface area contributed by atoms with Crippen molar-refractivity contribution in [2.45, 2.75) is 18.9 Å². The second-order valence-electron chi connectivity index (χ2n) is 4.28. The van der Waals surface area contributed by atoms with E-state index < -0.39 is 0 Å². The first-order valence-electron chi connectivity index (χ1n) is 6.25. The molecule has 0 spiro atoms. The second-order valence-corrected chi connectivity index (χ2v) is 4.28. The van der Waals surface area contributed by atoms with Crippen LogP contribution in [-0.4, -0.2) is 13.2 Å². The molecular weight excluding hydrogens is 229 g/mol. The van der Waals surface area contributed by atoms with Crippen LogP contribution in [0.2, 0.25) is 0 Å². The van der Waals surface area contributed by atoms with Gasteiger partial charge in [0.2, 0.25) is 0 Å². The molecule has 0 fully saturated rings. The highest BCUT2D eigenvalue weighted by atomic mass is 19.1. The van der Waals surface area contributed by atoms with E-state index in [1.54, 1.807) is 6.07 Å². The molecule has 1 aliphatic carbocycles. The van der Waals surface area contributed by atoms with Crippen molar-refractivity contribution >= 4 is 0 Å². The monoisotopic (exact) mass is 247 g/mol. The average molecular weight is 247 g/mol. The first kappa shape index (κ1) is 13.0. The third-order valence-corrected chi connectivity index (χ3v) is 2.88. The lowest BCUT2D eigenvalue weighted by Crippen LogP contribution is -2.14. The normalized spacial score (nSPS) is 16.4. The lowest BCUT2D eigenvalue weighted by Gasteiger charge is -2.21. The molecule has 0 aromatic heterocycles. The van der Waals surface area contributed by atoms with Crippen molar-refractivity contribution in [2.75, 3.05) is 13.2 Å². The molecule has 1 atom stereocenters. The summed E-state index contributed by atoms with van der Waals surface area (Å²) in [7, 11) is 0. The van der Waals surface area contributed by atoms with Gasteiger partial charge in [-0.1, -0.05) is 30.4 Å². The van der Waals surface area contributed by atoms with Crippen molar-refractivity contribution in [3.8, 4) is 0 Å². The van der Waals surface area contributed by atoms with Crippen LogP contribution >= 0.6 is 0 Å². The Hall–Kier alpha value is -1.45. The van der Waals surface area contributed by atoms with Gasteiger partial charge in [-0.2, -0.15) is 0 Å². The van der Waals surface area contributed by atoms with Crippen LogP contribution in [0.25, 0.3) is 0 Å². The lowest BCUT2D eigenvalue weighted by atomic mass is 9.96. The quantitative estimate of drug-likeness (QED) is 0.867. The topological polar surface area (TPSA) is 35.2 Å². The van der Waals surface area contributed by atoms with Gasteiger partial charge < -0.3 is 10.5 Å². The van der Waals surface area contributed by atoms with Gasteiger partial charge in [0.25, 0.3) is 0 Å². The van der Waals surface area contributed by atoms with Gasteiger partial charge in [0, 0.05) is 6.54 Å². The zero-order valence-corrected chi connectivity index (χ0v) is 10.3. The minimum absolute atomic E-state index is 0.221. The minimum atomic E-state index is -0.241. The molecule has 2 N–H and O–H groups in total. The smallest absolute Gasteiger partial charge is 0.123 e. The standard InChI is InChI=1S/C15H18FNO/c16-14-8-4-7-13(11-14)15(18-10-9-17)12-5-2-1-3-6-12/h2,4-8,11,15H,1,3,9-10,17H2. The number of halogens is 1. The number of hydrogen-bond acceptors (Lipinski definition) is 2. The average Bonchev–Trinajstić information content (AvgIpc) is 2.40. The Balaban J connectivity index is 2.24. The largest absolute Gasteiger partial charge is 0.367 e.